The van der Waals surface area contributed by atoms with Crippen LogP contribution in [-0.2, 0) is 9.13 Å². The van der Waals surface area contributed by atoms with Crippen molar-refractivity contribution in [2.24, 2.45) is 0 Å². The van der Waals surface area contributed by atoms with Crippen molar-refractivity contribution in [1.82, 2.24) is 0 Å². The van der Waals surface area contributed by atoms with E-state index in [-0.39, 0.29) is 25.9 Å². The van der Waals surface area contributed by atoms with Crippen molar-refractivity contribution in [3.8, 4) is 0 Å². The van der Waals surface area contributed by atoms with Gasteiger partial charge in [-0.3, -0.25) is 4.57 Å². The summed E-state index contributed by atoms with van der Waals surface area (Å²) in [5.74, 6) is 0. The van der Waals surface area contributed by atoms with Crippen LogP contribution >= 0.6 is 72.7 Å². The van der Waals surface area contributed by atoms with Gasteiger partial charge in [-0.05, 0) is 59.8 Å². The molecule has 0 atom stereocenters. The second kappa shape index (κ2) is 18.6. The number of hydrogen-bond donors (Lipinski definition) is 0. The van der Waals surface area contributed by atoms with E-state index in [2.05, 4.69) is 47.8 Å². The Hall–Kier alpha value is -1.72. The minimum atomic E-state index is -2.93. The van der Waals surface area contributed by atoms with E-state index < -0.39 is 13.6 Å². The van der Waals surface area contributed by atoms with E-state index >= 15 is 0 Å². The smallest absolute Gasteiger partial charge is 1.00 e. The van der Waals surface area contributed by atoms with Gasteiger partial charge in [-0.15, -0.1) is 0 Å². The average molecular weight is 856 g/mol. The van der Waals surface area contributed by atoms with Crippen LogP contribution in [0.15, 0.2) is 183 Å². The fourth-order valence-corrected chi connectivity index (χ4v) is 9.72. The van der Waals surface area contributed by atoms with E-state index in [0.717, 1.165) is 29.3 Å². The Labute approximate surface area is 314 Å². The maximum absolute atomic E-state index is 13.9. The van der Waals surface area contributed by atoms with Gasteiger partial charge in [0.25, 0.3) is 0 Å². The minimum Gasteiger partial charge on any atom is -1.00 e. The predicted octanol–water partition coefficient (Wildman–Crippen LogP) is 10.3. The van der Waals surface area contributed by atoms with Gasteiger partial charge in [-0.2, -0.15) is 0 Å². The van der Waals surface area contributed by atoms with Gasteiger partial charge in [-0.1, -0.05) is 169 Å². The van der Waals surface area contributed by atoms with Crippen LogP contribution < -0.4 is 26.5 Å². The number of hydrogen-bond acceptors (Lipinski definition) is 2. The largest absolute Gasteiger partial charge is 2.00 e. The number of halogens is 4. The molecule has 6 rings (SSSR count). The summed E-state index contributed by atoms with van der Waals surface area (Å²) < 4.78 is 29.5. The molecule has 0 aliphatic heterocycles. The Morgan fingerprint density at radius 3 is 0.889 bits per heavy atom. The Bertz CT molecular complexity index is 1730. The molecule has 45 heavy (non-hydrogen) atoms. The van der Waals surface area contributed by atoms with Crippen molar-refractivity contribution in [2.45, 2.75) is 0 Å². The van der Waals surface area contributed by atoms with Crippen LogP contribution in [0.5, 0.6) is 0 Å². The molecule has 0 radical (unpaired) electrons. The zero-order chi connectivity index (χ0) is 31.4. The molecule has 0 fully saturated rings. The summed E-state index contributed by atoms with van der Waals surface area (Å²) in [5.41, 5.74) is 0. The predicted molar refractivity (Wildman–Crippen MR) is 209 cm³/mol. The number of rotatable bonds is 5. The molecular formula is C36H30Br3ClMgO2P2. The second-order valence-corrected chi connectivity index (χ2v) is 18.4. The van der Waals surface area contributed by atoms with Crippen LogP contribution in [0.3, 0.4) is 0 Å². The fourth-order valence-electron chi connectivity index (χ4n) is 4.19. The topological polar surface area (TPSA) is 34.1 Å². The van der Waals surface area contributed by atoms with Gasteiger partial charge >= 0.3 is 23.1 Å². The molecule has 2 nitrogen and oxygen atoms in total. The molecule has 0 spiro atoms. The first-order valence-corrected chi connectivity index (χ1v) is 20.2. The first-order chi connectivity index (χ1) is 21.2. The van der Waals surface area contributed by atoms with E-state index in [1.165, 1.54) is 0 Å². The molecule has 0 aliphatic rings. The standard InChI is InChI=1S/C18H14BrOP.C12H10ClOP.C6H4Br2.Mg.2H/c19-15-11-13-18(14-12-15)21(20,16-7-3-1-4-8-16)17-9-5-2-6-10-17;13-15(14,11-7-3-1-4-8-11)12-9-5-2-6-10-12;7-5-1-2-6(8)4-3-5;;;/h1-14H;1-10H;1-4H;;;/q;;;+2;2*-1. The Morgan fingerprint density at radius 1 is 0.378 bits per heavy atom. The number of benzene rings is 6. The zero-order valence-corrected chi connectivity index (χ0v) is 32.8. The molecular weight excluding hydrogens is 826 g/mol. The molecule has 0 amide bonds. The molecule has 226 valence electrons. The van der Waals surface area contributed by atoms with Crippen molar-refractivity contribution in [3.05, 3.63) is 183 Å². The monoisotopic (exact) mass is 852 g/mol. The molecule has 0 saturated heterocycles. The van der Waals surface area contributed by atoms with Gasteiger partial charge in [0.1, 0.15) is 0 Å². The molecule has 0 unspecified atom stereocenters. The molecule has 0 bridgehead atoms. The fraction of sp³-hybridized carbons (Fsp3) is 0. The minimum absolute atomic E-state index is 0. The SMILES string of the molecule is Brc1ccc(Br)cc1.O=P(Cl)(c1ccccc1)c1ccccc1.O=P(c1ccccc1)(c1ccccc1)c1ccc(Br)cc1.[H-].[H-].[Mg+2]. The van der Waals surface area contributed by atoms with E-state index in [0.29, 0.717) is 10.6 Å². The van der Waals surface area contributed by atoms with Crippen LogP contribution in [0.25, 0.3) is 0 Å². The first kappa shape index (κ1) is 37.7. The van der Waals surface area contributed by atoms with Gasteiger partial charge in [0.05, 0.1) is 0 Å². The quantitative estimate of drug-likeness (QED) is 0.128. The summed E-state index contributed by atoms with van der Waals surface area (Å²) in [5, 5.41) is 3.93. The summed E-state index contributed by atoms with van der Waals surface area (Å²) in [6.07, 6.45) is 0. The van der Waals surface area contributed by atoms with Crippen molar-refractivity contribution >= 4 is 122 Å². The van der Waals surface area contributed by atoms with Gasteiger partial charge in [0, 0.05) is 39.9 Å². The van der Waals surface area contributed by atoms with Crippen molar-refractivity contribution in [3.63, 3.8) is 0 Å². The van der Waals surface area contributed by atoms with Gasteiger partial charge in [0.15, 0.2) is 7.14 Å². The molecule has 6 aromatic rings. The molecule has 9 heteroatoms. The van der Waals surface area contributed by atoms with E-state index in [1.54, 1.807) is 24.3 Å². The van der Waals surface area contributed by atoms with Crippen LogP contribution in [0.1, 0.15) is 2.85 Å². The molecule has 0 heterocycles. The summed E-state index contributed by atoms with van der Waals surface area (Å²) in [7, 11) is -2.82. The molecule has 0 aromatic heterocycles. The van der Waals surface area contributed by atoms with Gasteiger partial charge < -0.3 is 7.42 Å². The Morgan fingerprint density at radius 2 is 0.600 bits per heavy atom. The molecule has 0 aliphatic carbocycles. The Balaban J connectivity index is 0.000000374. The van der Waals surface area contributed by atoms with E-state index in [4.69, 9.17) is 11.2 Å². The van der Waals surface area contributed by atoms with Crippen molar-refractivity contribution in [2.75, 3.05) is 0 Å². The maximum atomic E-state index is 13.9. The van der Waals surface area contributed by atoms with Crippen LogP contribution in [0.4, 0.5) is 0 Å². The van der Waals surface area contributed by atoms with Gasteiger partial charge in [-0.25, -0.2) is 0 Å². The van der Waals surface area contributed by atoms with E-state index in [1.807, 2.05) is 146 Å². The third-order valence-electron chi connectivity index (χ3n) is 6.41. The summed E-state index contributed by atoms with van der Waals surface area (Å²) in [6.45, 7) is -2.93. The molecule has 0 saturated carbocycles. The van der Waals surface area contributed by atoms with E-state index in [9.17, 15) is 9.13 Å². The summed E-state index contributed by atoms with van der Waals surface area (Å²) in [4.78, 5) is 0. The zero-order valence-electron chi connectivity index (χ0n) is 26.1. The van der Waals surface area contributed by atoms with Crippen molar-refractivity contribution in [1.29, 1.82) is 0 Å². The van der Waals surface area contributed by atoms with Gasteiger partial charge in [0.2, 0.25) is 6.49 Å². The second-order valence-electron chi connectivity index (χ2n) is 9.40. The van der Waals surface area contributed by atoms with Crippen molar-refractivity contribution < 1.29 is 12.0 Å². The van der Waals surface area contributed by atoms with Crippen LogP contribution in [0.2, 0.25) is 0 Å². The summed E-state index contributed by atoms with van der Waals surface area (Å²) in [6, 6.07) is 53.4. The molecule has 0 N–H and O–H groups in total. The maximum Gasteiger partial charge on any atom is 2.00 e. The van der Waals surface area contributed by atoms with Crippen LogP contribution in [-0.4, -0.2) is 23.1 Å². The molecule has 6 aromatic carbocycles. The first-order valence-electron chi connectivity index (χ1n) is 13.5. The normalized spacial score (nSPS) is 10.7. The van der Waals surface area contributed by atoms with Crippen LogP contribution in [0, 0.1) is 0 Å². The average Bonchev–Trinajstić information content (AvgIpc) is 3.08. The Kier molecular flexibility index (Phi) is 15.6. The summed E-state index contributed by atoms with van der Waals surface area (Å²) >= 11 is 16.2. The third-order valence-corrected chi connectivity index (χ3v) is 14.2. The third kappa shape index (κ3) is 10.6.